The molecule has 2 unspecified atom stereocenters. The second-order valence-corrected chi connectivity index (χ2v) is 5.95. The highest BCUT2D eigenvalue weighted by Gasteiger charge is 2.28. The van der Waals surface area contributed by atoms with Gasteiger partial charge in [-0.2, -0.15) is 0 Å². The number of aryl methyl sites for hydroxylation is 1. The van der Waals surface area contributed by atoms with Gasteiger partial charge in [-0.05, 0) is 13.8 Å². The van der Waals surface area contributed by atoms with Crippen LogP contribution in [0, 0.1) is 0 Å². The van der Waals surface area contributed by atoms with E-state index >= 15 is 0 Å². The number of nitrogens with zero attached hydrogens (tertiary/aromatic N) is 2. The predicted molar refractivity (Wildman–Crippen MR) is 57.2 cm³/mol. The fraction of sp³-hybridized carbons (Fsp3) is 0.667. The van der Waals surface area contributed by atoms with Gasteiger partial charge in [0.25, 0.3) is 0 Å². The Morgan fingerprint density at radius 3 is 2.67 bits per heavy atom. The molecule has 1 N–H and O–H groups in total. The van der Waals surface area contributed by atoms with Crippen molar-refractivity contribution in [3.05, 3.63) is 18.2 Å². The van der Waals surface area contributed by atoms with Crippen molar-refractivity contribution in [3.8, 4) is 0 Å². The summed E-state index contributed by atoms with van der Waals surface area (Å²) in [6.45, 7) is 4.04. The van der Waals surface area contributed by atoms with Crippen molar-refractivity contribution in [2.75, 3.05) is 6.26 Å². The first-order chi connectivity index (χ1) is 6.88. The number of hydrogen-bond donors (Lipinski definition) is 1. The van der Waals surface area contributed by atoms with E-state index in [9.17, 15) is 13.5 Å². The molecule has 86 valence electrons. The SMILES string of the molecule is CCn1ccnc1C(O)C(C)S(C)(=O)=O. The van der Waals surface area contributed by atoms with Gasteiger partial charge < -0.3 is 9.67 Å². The van der Waals surface area contributed by atoms with E-state index in [-0.39, 0.29) is 0 Å². The van der Waals surface area contributed by atoms with Crippen LogP contribution in [0.3, 0.4) is 0 Å². The van der Waals surface area contributed by atoms with Crippen LogP contribution in [0.5, 0.6) is 0 Å². The van der Waals surface area contributed by atoms with E-state index in [4.69, 9.17) is 0 Å². The molecule has 0 spiro atoms. The Balaban J connectivity index is 2.99. The molecule has 0 saturated heterocycles. The number of hydrogen-bond acceptors (Lipinski definition) is 4. The highest BCUT2D eigenvalue weighted by Crippen LogP contribution is 2.19. The Kier molecular flexibility index (Phi) is 3.51. The normalized spacial score (nSPS) is 16.3. The van der Waals surface area contributed by atoms with Gasteiger partial charge in [0.05, 0.1) is 5.25 Å². The molecule has 0 aromatic carbocycles. The van der Waals surface area contributed by atoms with Crippen LogP contribution in [0.25, 0.3) is 0 Å². The third kappa shape index (κ3) is 2.57. The summed E-state index contributed by atoms with van der Waals surface area (Å²) in [7, 11) is -3.26. The Morgan fingerprint density at radius 2 is 2.20 bits per heavy atom. The molecule has 0 radical (unpaired) electrons. The lowest BCUT2D eigenvalue weighted by molar-refractivity contribution is 0.161. The summed E-state index contributed by atoms with van der Waals surface area (Å²) in [6, 6.07) is 0. The zero-order chi connectivity index (χ0) is 11.6. The third-order valence-corrected chi connectivity index (χ3v) is 4.08. The Labute approximate surface area is 89.7 Å². The molecule has 0 amide bonds. The largest absolute Gasteiger partial charge is 0.384 e. The fourth-order valence-electron chi connectivity index (χ4n) is 1.30. The van der Waals surface area contributed by atoms with Crippen LogP contribution in [-0.4, -0.2) is 34.6 Å². The highest BCUT2D eigenvalue weighted by molar-refractivity contribution is 7.91. The molecule has 1 aromatic heterocycles. The zero-order valence-electron chi connectivity index (χ0n) is 9.08. The molecule has 0 aliphatic carbocycles. The number of aliphatic hydroxyl groups excluding tert-OH is 1. The van der Waals surface area contributed by atoms with Gasteiger partial charge in [0.2, 0.25) is 0 Å². The average Bonchev–Trinajstić information content (AvgIpc) is 2.61. The van der Waals surface area contributed by atoms with Gasteiger partial charge in [-0.25, -0.2) is 13.4 Å². The maximum atomic E-state index is 11.3. The molecule has 0 fully saturated rings. The van der Waals surface area contributed by atoms with E-state index in [0.29, 0.717) is 12.4 Å². The predicted octanol–water partition coefficient (Wildman–Crippen LogP) is 0.369. The van der Waals surface area contributed by atoms with E-state index in [2.05, 4.69) is 4.98 Å². The van der Waals surface area contributed by atoms with Crippen LogP contribution in [-0.2, 0) is 16.4 Å². The molecule has 0 aliphatic heterocycles. The summed E-state index contributed by atoms with van der Waals surface area (Å²) < 4.78 is 24.3. The van der Waals surface area contributed by atoms with E-state index in [1.165, 1.54) is 6.92 Å². The lowest BCUT2D eigenvalue weighted by atomic mass is 10.2. The number of rotatable bonds is 4. The fourth-order valence-corrected chi connectivity index (χ4v) is 1.89. The molecule has 0 bridgehead atoms. The molecule has 1 heterocycles. The summed E-state index contributed by atoms with van der Waals surface area (Å²) in [5, 5.41) is 9.02. The van der Waals surface area contributed by atoms with Crippen LogP contribution in [0.15, 0.2) is 12.4 Å². The smallest absolute Gasteiger partial charge is 0.153 e. The van der Waals surface area contributed by atoms with E-state index in [0.717, 1.165) is 6.26 Å². The van der Waals surface area contributed by atoms with Gasteiger partial charge in [0.1, 0.15) is 11.9 Å². The highest BCUT2D eigenvalue weighted by atomic mass is 32.2. The first-order valence-corrected chi connectivity index (χ1v) is 6.71. The minimum Gasteiger partial charge on any atom is -0.384 e. The van der Waals surface area contributed by atoms with Gasteiger partial charge in [0, 0.05) is 25.2 Å². The molecule has 2 atom stereocenters. The number of imidazole rings is 1. The molecule has 5 nitrogen and oxygen atoms in total. The summed E-state index contributed by atoms with van der Waals surface area (Å²) in [5.41, 5.74) is 0. The summed E-state index contributed by atoms with van der Waals surface area (Å²) in [4.78, 5) is 3.97. The number of aromatic nitrogens is 2. The second kappa shape index (κ2) is 4.32. The summed E-state index contributed by atoms with van der Waals surface area (Å²) in [5.74, 6) is 0.399. The summed E-state index contributed by atoms with van der Waals surface area (Å²) >= 11 is 0. The van der Waals surface area contributed by atoms with Crippen LogP contribution in [0.1, 0.15) is 25.8 Å². The molecule has 15 heavy (non-hydrogen) atoms. The van der Waals surface area contributed by atoms with Crippen LogP contribution in [0.4, 0.5) is 0 Å². The second-order valence-electron chi connectivity index (χ2n) is 3.55. The molecule has 0 saturated carbocycles. The van der Waals surface area contributed by atoms with Crippen molar-refractivity contribution < 1.29 is 13.5 Å². The van der Waals surface area contributed by atoms with Gasteiger partial charge in [0.15, 0.2) is 9.84 Å². The van der Waals surface area contributed by atoms with Crippen LogP contribution >= 0.6 is 0 Å². The van der Waals surface area contributed by atoms with Crippen molar-refractivity contribution in [2.45, 2.75) is 31.7 Å². The quantitative estimate of drug-likeness (QED) is 0.814. The van der Waals surface area contributed by atoms with Gasteiger partial charge in [-0.3, -0.25) is 0 Å². The van der Waals surface area contributed by atoms with Gasteiger partial charge in [-0.1, -0.05) is 0 Å². The number of sulfone groups is 1. The molecule has 0 aliphatic rings. The van der Waals surface area contributed by atoms with Gasteiger partial charge >= 0.3 is 0 Å². The molecule has 1 aromatic rings. The topological polar surface area (TPSA) is 72.2 Å². The minimum atomic E-state index is -3.26. The van der Waals surface area contributed by atoms with Crippen molar-refractivity contribution >= 4 is 9.84 Å². The molecular weight excluding hydrogens is 216 g/mol. The van der Waals surface area contributed by atoms with Crippen molar-refractivity contribution in [3.63, 3.8) is 0 Å². The van der Waals surface area contributed by atoms with E-state index in [1.54, 1.807) is 17.0 Å². The Hall–Kier alpha value is -0.880. The maximum absolute atomic E-state index is 11.3. The first-order valence-electron chi connectivity index (χ1n) is 4.76. The lowest BCUT2D eigenvalue weighted by Gasteiger charge is -2.17. The lowest BCUT2D eigenvalue weighted by Crippen LogP contribution is -2.26. The first kappa shape index (κ1) is 12.2. The Morgan fingerprint density at radius 1 is 1.60 bits per heavy atom. The van der Waals surface area contributed by atoms with Crippen LogP contribution in [0.2, 0.25) is 0 Å². The maximum Gasteiger partial charge on any atom is 0.153 e. The van der Waals surface area contributed by atoms with Gasteiger partial charge in [-0.15, -0.1) is 0 Å². The van der Waals surface area contributed by atoms with Crippen molar-refractivity contribution in [1.29, 1.82) is 0 Å². The van der Waals surface area contributed by atoms with E-state index < -0.39 is 21.2 Å². The van der Waals surface area contributed by atoms with Crippen LogP contribution < -0.4 is 0 Å². The Bertz CT molecular complexity index is 424. The molecular formula is C9H16N2O3S. The summed E-state index contributed by atoms with van der Waals surface area (Å²) in [6.07, 6.45) is 3.31. The minimum absolute atomic E-state index is 0.399. The zero-order valence-corrected chi connectivity index (χ0v) is 9.90. The average molecular weight is 232 g/mol. The number of aliphatic hydroxyl groups is 1. The molecule has 6 heteroatoms. The molecule has 1 rings (SSSR count). The monoisotopic (exact) mass is 232 g/mol. The van der Waals surface area contributed by atoms with Crippen molar-refractivity contribution in [2.24, 2.45) is 0 Å². The third-order valence-electron chi connectivity index (χ3n) is 2.47. The standard InChI is InChI=1S/C9H16N2O3S/c1-4-11-6-5-10-9(11)8(12)7(2)15(3,13)14/h5-8,12H,4H2,1-3H3. The van der Waals surface area contributed by atoms with E-state index in [1.807, 2.05) is 6.92 Å². The van der Waals surface area contributed by atoms with Crippen molar-refractivity contribution in [1.82, 2.24) is 9.55 Å².